The summed E-state index contributed by atoms with van der Waals surface area (Å²) in [5.41, 5.74) is -2.74. The number of hydrogen-bond donors (Lipinski definition) is 7. The van der Waals surface area contributed by atoms with Crippen molar-refractivity contribution in [2.45, 2.75) is 31.0 Å². The molecule has 0 aliphatic heterocycles. The summed E-state index contributed by atoms with van der Waals surface area (Å²) in [6.07, 6.45) is -4.83. The molecule has 28 heavy (non-hydrogen) atoms. The SMILES string of the molecule is O.O.O.O.O.O=C(O)CC(O)(CC(=O)O)C(=O)O.O=C(O)CC(O)C(=O)O.[CaH2]. The average molecular weight is 458 g/mol. The first-order valence-electron chi connectivity index (χ1n) is 5.34. The predicted molar refractivity (Wildman–Crippen MR) is 89.6 cm³/mol. The first-order valence-corrected chi connectivity index (χ1v) is 5.34. The average Bonchev–Trinajstić information content (AvgIpc) is 2.25. The van der Waals surface area contributed by atoms with Crippen LogP contribution in [0.1, 0.15) is 19.3 Å². The topological polar surface area (TPSA) is 384 Å². The predicted octanol–water partition coefficient (Wildman–Crippen LogP) is -7.38. The van der Waals surface area contributed by atoms with E-state index in [0.29, 0.717) is 0 Å². The van der Waals surface area contributed by atoms with Crippen LogP contribution in [-0.4, -0.2) is 142 Å². The second-order valence-corrected chi connectivity index (χ2v) is 3.93. The van der Waals surface area contributed by atoms with E-state index in [-0.39, 0.29) is 65.1 Å². The minimum absolute atomic E-state index is 0. The van der Waals surface area contributed by atoms with E-state index >= 15 is 0 Å². The molecule has 0 amide bonds. The first kappa shape index (κ1) is 50.3. The van der Waals surface area contributed by atoms with Crippen LogP contribution in [0.5, 0.6) is 0 Å². The molecule has 0 aliphatic carbocycles. The number of carbonyl (C=O) groups is 5. The van der Waals surface area contributed by atoms with Crippen LogP contribution < -0.4 is 0 Å². The molecule has 17 N–H and O–H groups in total. The third kappa shape index (κ3) is 26.6. The van der Waals surface area contributed by atoms with Gasteiger partial charge in [-0.05, 0) is 0 Å². The fraction of sp³-hybridized carbons (Fsp3) is 0.500. The molecule has 0 bridgehead atoms. The van der Waals surface area contributed by atoms with Gasteiger partial charge in [0.15, 0.2) is 11.7 Å². The van der Waals surface area contributed by atoms with Gasteiger partial charge >= 0.3 is 67.6 Å². The summed E-state index contributed by atoms with van der Waals surface area (Å²) in [7, 11) is 0. The van der Waals surface area contributed by atoms with Gasteiger partial charge in [-0.3, -0.25) is 14.4 Å². The molecule has 0 heterocycles. The summed E-state index contributed by atoms with van der Waals surface area (Å²) in [5.74, 6) is -7.86. The molecule has 0 spiro atoms. The van der Waals surface area contributed by atoms with Gasteiger partial charge < -0.3 is 63.1 Å². The fourth-order valence-corrected chi connectivity index (χ4v) is 0.967. The Morgan fingerprint density at radius 2 is 0.964 bits per heavy atom. The number of rotatable bonds is 8. The van der Waals surface area contributed by atoms with E-state index in [9.17, 15) is 24.0 Å². The van der Waals surface area contributed by atoms with Crippen molar-refractivity contribution in [2.75, 3.05) is 0 Å². The van der Waals surface area contributed by atoms with E-state index in [1.54, 1.807) is 0 Å². The monoisotopic (exact) mass is 458 g/mol. The van der Waals surface area contributed by atoms with Crippen LogP contribution in [0.15, 0.2) is 0 Å². The summed E-state index contributed by atoms with van der Waals surface area (Å²) in [6, 6.07) is 0. The van der Waals surface area contributed by atoms with Gasteiger partial charge in [0.2, 0.25) is 0 Å². The van der Waals surface area contributed by atoms with Gasteiger partial charge in [0.05, 0.1) is 19.3 Å². The van der Waals surface area contributed by atoms with E-state index in [1.165, 1.54) is 0 Å². The van der Waals surface area contributed by atoms with Gasteiger partial charge in [-0.15, -0.1) is 0 Å². The molecule has 0 rings (SSSR count). The molecule has 0 aromatic rings. The Morgan fingerprint density at radius 1 is 0.679 bits per heavy atom. The quantitative estimate of drug-likeness (QED) is 0.167. The second kappa shape index (κ2) is 23.4. The van der Waals surface area contributed by atoms with Crippen LogP contribution in [0.3, 0.4) is 0 Å². The van der Waals surface area contributed by atoms with E-state index in [1.807, 2.05) is 0 Å². The molecule has 170 valence electrons. The molecule has 0 radical (unpaired) electrons. The molecule has 0 saturated heterocycles. The number of carboxylic acids is 5. The minimum atomic E-state index is -2.74. The number of aliphatic hydroxyl groups excluding tert-OH is 1. The number of aliphatic hydroxyl groups is 2. The maximum atomic E-state index is 10.3. The van der Waals surface area contributed by atoms with Crippen molar-refractivity contribution in [3.8, 4) is 0 Å². The van der Waals surface area contributed by atoms with Gasteiger partial charge in [-0.1, -0.05) is 0 Å². The van der Waals surface area contributed by atoms with Crippen molar-refractivity contribution in [1.29, 1.82) is 0 Å². The molecule has 0 fully saturated rings. The molecular weight excluding hydrogens is 432 g/mol. The van der Waals surface area contributed by atoms with Crippen molar-refractivity contribution in [3.63, 3.8) is 0 Å². The van der Waals surface area contributed by atoms with E-state index < -0.39 is 60.8 Å². The zero-order chi connectivity index (χ0) is 18.1. The van der Waals surface area contributed by atoms with Crippen molar-refractivity contribution < 1.29 is 87.1 Å². The third-order valence-electron chi connectivity index (χ3n) is 1.94. The van der Waals surface area contributed by atoms with Crippen LogP contribution in [-0.2, 0) is 24.0 Å². The van der Waals surface area contributed by atoms with E-state index in [4.69, 9.17) is 35.7 Å². The molecule has 1 atom stereocenters. The first-order chi connectivity index (χ1) is 9.81. The Bertz CT molecular complexity index is 447. The van der Waals surface area contributed by atoms with Gasteiger partial charge in [-0.25, -0.2) is 9.59 Å². The van der Waals surface area contributed by atoms with E-state index in [0.717, 1.165) is 0 Å². The van der Waals surface area contributed by atoms with Crippen LogP contribution in [0.2, 0.25) is 0 Å². The summed E-state index contributed by atoms with van der Waals surface area (Å²) < 4.78 is 0. The molecule has 18 heteroatoms. The Hall–Kier alpha value is -1.67. The van der Waals surface area contributed by atoms with Crippen molar-refractivity contribution in [2.24, 2.45) is 0 Å². The molecule has 1 unspecified atom stereocenters. The Balaban J connectivity index is -0.0000000407. The van der Waals surface area contributed by atoms with E-state index in [2.05, 4.69) is 0 Å². The van der Waals surface area contributed by atoms with Crippen LogP contribution >= 0.6 is 0 Å². The van der Waals surface area contributed by atoms with Gasteiger partial charge in [0.1, 0.15) is 0 Å². The zero-order valence-electron chi connectivity index (χ0n) is 13.4. The van der Waals surface area contributed by atoms with Crippen molar-refractivity contribution in [3.05, 3.63) is 0 Å². The molecule has 0 aromatic carbocycles. The summed E-state index contributed by atoms with van der Waals surface area (Å²) >= 11 is 0. The van der Waals surface area contributed by atoms with Crippen molar-refractivity contribution >= 4 is 67.6 Å². The Kier molecular flexibility index (Phi) is 42.0. The van der Waals surface area contributed by atoms with Gasteiger partial charge in [-0.2, -0.15) is 0 Å². The fourth-order valence-electron chi connectivity index (χ4n) is 0.967. The summed E-state index contributed by atoms with van der Waals surface area (Å²) in [5, 5.41) is 58.0. The Morgan fingerprint density at radius 3 is 1.07 bits per heavy atom. The zero-order valence-corrected chi connectivity index (χ0v) is 13.4. The standard InChI is InChI=1S/C6H8O7.C4H6O5.Ca.5H2O.2H/c7-3(8)1-6(13,5(11)12)2-4(9)10;5-2(4(8)9)1-3(6)7;;;;;;;;/h13H,1-2H2,(H,7,8)(H,9,10)(H,11,12);2,5H,1H2,(H,6,7)(H,8,9);;5*1H2;;. The second-order valence-electron chi connectivity index (χ2n) is 3.93. The molecule has 17 nitrogen and oxygen atoms in total. The molecule has 0 aromatic heterocycles. The molecular formula is C10H26CaO17. The normalized spacial score (nSPS) is 9.07. The molecule has 0 aliphatic rings. The number of carboxylic acid groups (broad SMARTS) is 5. The number of hydrogen-bond acceptors (Lipinski definition) is 7. The Labute approximate surface area is 185 Å². The van der Waals surface area contributed by atoms with Crippen molar-refractivity contribution in [1.82, 2.24) is 0 Å². The molecule has 0 saturated carbocycles. The van der Waals surface area contributed by atoms with Gasteiger partial charge in [0, 0.05) is 0 Å². The van der Waals surface area contributed by atoms with Crippen LogP contribution in [0.4, 0.5) is 0 Å². The summed E-state index contributed by atoms with van der Waals surface area (Å²) in [4.78, 5) is 49.9. The van der Waals surface area contributed by atoms with Crippen LogP contribution in [0.25, 0.3) is 0 Å². The summed E-state index contributed by atoms with van der Waals surface area (Å²) in [6.45, 7) is 0. The van der Waals surface area contributed by atoms with Crippen LogP contribution in [0, 0.1) is 0 Å². The third-order valence-corrected chi connectivity index (χ3v) is 1.94. The maximum absolute atomic E-state index is 10.3. The number of aliphatic carboxylic acids is 5. The van der Waals surface area contributed by atoms with Gasteiger partial charge in [0.25, 0.3) is 0 Å².